The molecule has 2 rings (SSSR count). The summed E-state index contributed by atoms with van der Waals surface area (Å²) in [6.07, 6.45) is 0.271. The van der Waals surface area contributed by atoms with Crippen molar-refractivity contribution < 1.29 is 4.79 Å². The van der Waals surface area contributed by atoms with Crippen LogP contribution in [0, 0.1) is 6.92 Å². The molecule has 1 amide bonds. The summed E-state index contributed by atoms with van der Waals surface area (Å²) in [6.45, 7) is 1.93. The van der Waals surface area contributed by atoms with Gasteiger partial charge in [-0.15, -0.1) is 28.0 Å². The lowest BCUT2D eigenvalue weighted by molar-refractivity contribution is -0.115. The number of aryl methyl sites for hydroxylation is 1. The summed E-state index contributed by atoms with van der Waals surface area (Å²) in [5.74, 6) is 0.466. The van der Waals surface area contributed by atoms with E-state index in [0.717, 1.165) is 10.7 Å². The van der Waals surface area contributed by atoms with Crippen LogP contribution in [0.2, 0.25) is 0 Å². The Morgan fingerprint density at radius 2 is 2.53 bits per heavy atom. The number of hydrogen-bond acceptors (Lipinski definition) is 4. The van der Waals surface area contributed by atoms with Crippen molar-refractivity contribution in [2.75, 3.05) is 11.2 Å². The molecule has 0 bridgehead atoms. The van der Waals surface area contributed by atoms with Gasteiger partial charge in [-0.05, 0) is 6.92 Å². The first-order chi connectivity index (χ1) is 7.20. The number of carbonyl (C=O) groups excluding carboxylic acids is 1. The molecule has 0 saturated heterocycles. The molecule has 0 aliphatic carbocycles. The molecule has 2 heterocycles. The number of nitrogens with zero attached hydrogens (tertiary/aromatic N) is 3. The molecule has 2 aromatic rings. The van der Waals surface area contributed by atoms with Crippen molar-refractivity contribution in [3.8, 4) is 0 Å². The second-order valence-electron chi connectivity index (χ2n) is 2.99. The number of anilines is 1. The molecule has 1 N–H and O–H groups in total. The van der Waals surface area contributed by atoms with Gasteiger partial charge in [-0.3, -0.25) is 10.1 Å². The quantitative estimate of drug-likeness (QED) is 0.836. The van der Waals surface area contributed by atoms with Crippen molar-refractivity contribution in [3.63, 3.8) is 0 Å². The molecule has 0 aliphatic heterocycles. The van der Waals surface area contributed by atoms with Gasteiger partial charge in [0.25, 0.3) is 0 Å². The van der Waals surface area contributed by atoms with E-state index in [1.165, 1.54) is 11.3 Å². The third kappa shape index (κ3) is 2.10. The van der Waals surface area contributed by atoms with E-state index in [2.05, 4.69) is 15.4 Å². The van der Waals surface area contributed by atoms with E-state index >= 15 is 0 Å². The number of aromatic nitrogens is 3. The maximum atomic E-state index is 11.2. The van der Waals surface area contributed by atoms with Crippen LogP contribution in [-0.2, 0) is 4.79 Å². The Hall–Kier alpha value is -1.14. The number of halogens is 1. The van der Waals surface area contributed by atoms with E-state index in [1.54, 1.807) is 4.52 Å². The fourth-order valence-electron chi connectivity index (χ4n) is 1.12. The van der Waals surface area contributed by atoms with Crippen molar-refractivity contribution in [2.24, 2.45) is 0 Å². The second-order valence-corrected chi connectivity index (χ2v) is 4.21. The Labute approximate surface area is 95.1 Å². The molecule has 15 heavy (non-hydrogen) atoms. The second kappa shape index (κ2) is 4.16. The number of amides is 1. The van der Waals surface area contributed by atoms with Crippen LogP contribution < -0.4 is 5.32 Å². The number of thiazole rings is 1. The van der Waals surface area contributed by atoms with Crippen LogP contribution >= 0.6 is 22.9 Å². The molecule has 0 unspecified atom stereocenters. The minimum absolute atomic E-state index is 0.166. The number of rotatable bonds is 3. The topological polar surface area (TPSA) is 59.3 Å². The number of carbonyl (C=O) groups is 1. The maximum Gasteiger partial charge on any atom is 0.250 e. The standard InChI is InChI=1S/C8H9ClN4OS/c1-5-4-15-8-11-7(12-13(5)8)10-6(14)2-3-9/h4H,2-3H2,1H3,(H,10,12,14). The number of hydrogen-bond donors (Lipinski definition) is 1. The summed E-state index contributed by atoms with van der Waals surface area (Å²) in [5, 5.41) is 8.68. The predicted molar refractivity (Wildman–Crippen MR) is 59.6 cm³/mol. The highest BCUT2D eigenvalue weighted by Gasteiger charge is 2.09. The lowest BCUT2D eigenvalue weighted by Crippen LogP contribution is -2.12. The summed E-state index contributed by atoms with van der Waals surface area (Å²) in [7, 11) is 0. The van der Waals surface area contributed by atoms with Crippen molar-refractivity contribution in [1.82, 2.24) is 14.6 Å². The first-order valence-corrected chi connectivity index (χ1v) is 5.79. The molecule has 2 aromatic heterocycles. The van der Waals surface area contributed by atoms with Crippen molar-refractivity contribution >= 4 is 39.8 Å². The van der Waals surface area contributed by atoms with E-state index in [4.69, 9.17) is 11.6 Å². The summed E-state index contributed by atoms with van der Waals surface area (Å²) < 4.78 is 1.70. The van der Waals surface area contributed by atoms with Crippen LogP contribution in [0.25, 0.3) is 4.96 Å². The highest BCUT2D eigenvalue weighted by Crippen LogP contribution is 2.15. The minimum atomic E-state index is -0.166. The Morgan fingerprint density at radius 3 is 3.20 bits per heavy atom. The zero-order chi connectivity index (χ0) is 10.8. The fourth-order valence-corrected chi connectivity index (χ4v) is 2.09. The van der Waals surface area contributed by atoms with E-state index in [9.17, 15) is 4.79 Å². The number of nitrogens with one attached hydrogen (secondary N) is 1. The third-order valence-corrected chi connectivity index (χ3v) is 2.94. The normalized spacial score (nSPS) is 10.8. The first kappa shape index (κ1) is 10.4. The summed E-state index contributed by atoms with van der Waals surface area (Å²) in [6, 6.07) is 0. The van der Waals surface area contributed by atoms with Gasteiger partial charge in [0, 0.05) is 17.7 Å². The molecule has 0 fully saturated rings. The molecule has 7 heteroatoms. The Kier molecular flexibility index (Phi) is 2.88. The number of fused-ring (bicyclic) bond motifs is 1. The van der Waals surface area contributed by atoms with Gasteiger partial charge >= 0.3 is 0 Å². The van der Waals surface area contributed by atoms with Crippen molar-refractivity contribution in [3.05, 3.63) is 11.1 Å². The zero-order valence-corrected chi connectivity index (χ0v) is 9.60. The van der Waals surface area contributed by atoms with Gasteiger partial charge < -0.3 is 0 Å². The molecule has 0 radical (unpaired) electrons. The zero-order valence-electron chi connectivity index (χ0n) is 8.03. The lowest BCUT2D eigenvalue weighted by Gasteiger charge is -1.96. The lowest BCUT2D eigenvalue weighted by atomic mass is 10.4. The van der Waals surface area contributed by atoms with Gasteiger partial charge in [0.15, 0.2) is 0 Å². The van der Waals surface area contributed by atoms with E-state index in [1.807, 2.05) is 12.3 Å². The SMILES string of the molecule is Cc1csc2nc(NC(=O)CCCl)nn12. The largest absolute Gasteiger partial charge is 0.293 e. The smallest absolute Gasteiger partial charge is 0.250 e. The molecule has 80 valence electrons. The van der Waals surface area contributed by atoms with Gasteiger partial charge in [-0.1, -0.05) is 0 Å². The molecular weight excluding hydrogens is 236 g/mol. The average Bonchev–Trinajstić information content (AvgIpc) is 2.69. The van der Waals surface area contributed by atoms with Crippen molar-refractivity contribution in [2.45, 2.75) is 13.3 Å². The monoisotopic (exact) mass is 244 g/mol. The maximum absolute atomic E-state index is 11.2. The van der Waals surface area contributed by atoms with Gasteiger partial charge in [0.05, 0.1) is 5.69 Å². The highest BCUT2D eigenvalue weighted by molar-refractivity contribution is 7.15. The van der Waals surface area contributed by atoms with Gasteiger partial charge in [0.1, 0.15) is 0 Å². The minimum Gasteiger partial charge on any atom is -0.293 e. The molecular formula is C8H9ClN4OS. The first-order valence-electron chi connectivity index (χ1n) is 4.37. The van der Waals surface area contributed by atoms with E-state index in [0.29, 0.717) is 11.8 Å². The molecule has 0 atom stereocenters. The molecule has 0 spiro atoms. The van der Waals surface area contributed by atoms with Gasteiger partial charge in [0.2, 0.25) is 16.8 Å². The van der Waals surface area contributed by atoms with Crippen LogP contribution in [0.1, 0.15) is 12.1 Å². The Balaban J connectivity index is 2.18. The van der Waals surface area contributed by atoms with Crippen LogP contribution in [0.5, 0.6) is 0 Å². The molecule has 0 aliphatic rings. The van der Waals surface area contributed by atoms with Crippen LogP contribution in [0.4, 0.5) is 5.95 Å². The van der Waals surface area contributed by atoms with Crippen LogP contribution in [-0.4, -0.2) is 26.4 Å². The number of alkyl halides is 1. The third-order valence-electron chi connectivity index (χ3n) is 1.82. The average molecular weight is 245 g/mol. The Morgan fingerprint density at radius 1 is 1.73 bits per heavy atom. The molecule has 5 nitrogen and oxygen atoms in total. The highest BCUT2D eigenvalue weighted by atomic mass is 35.5. The van der Waals surface area contributed by atoms with E-state index < -0.39 is 0 Å². The molecule has 0 saturated carbocycles. The van der Waals surface area contributed by atoms with Crippen LogP contribution in [0.15, 0.2) is 5.38 Å². The van der Waals surface area contributed by atoms with E-state index in [-0.39, 0.29) is 12.3 Å². The van der Waals surface area contributed by atoms with Gasteiger partial charge in [-0.2, -0.15) is 4.98 Å². The van der Waals surface area contributed by atoms with Gasteiger partial charge in [-0.25, -0.2) is 4.52 Å². The van der Waals surface area contributed by atoms with Crippen molar-refractivity contribution in [1.29, 1.82) is 0 Å². The summed E-state index contributed by atoms with van der Waals surface area (Å²) in [5.41, 5.74) is 1.00. The fraction of sp³-hybridized carbons (Fsp3) is 0.375. The van der Waals surface area contributed by atoms with Crippen LogP contribution in [0.3, 0.4) is 0 Å². The predicted octanol–water partition coefficient (Wildman–Crippen LogP) is 1.67. The summed E-state index contributed by atoms with van der Waals surface area (Å²) in [4.78, 5) is 16.1. The Bertz CT molecular complexity index is 492. The summed E-state index contributed by atoms with van der Waals surface area (Å²) >= 11 is 6.93. The molecule has 0 aromatic carbocycles.